The molecule has 7 nitrogen and oxygen atoms in total. The smallest absolute Gasteiger partial charge is 0.338 e. The summed E-state index contributed by atoms with van der Waals surface area (Å²) < 4.78 is 32.5. The van der Waals surface area contributed by atoms with Gasteiger partial charge in [0.1, 0.15) is 0 Å². The lowest BCUT2D eigenvalue weighted by Gasteiger charge is -2.12. The van der Waals surface area contributed by atoms with Crippen LogP contribution in [0.3, 0.4) is 0 Å². The molecule has 0 aliphatic carbocycles. The molecular formula is C23H23N3O4S2. The van der Waals surface area contributed by atoms with Crippen molar-refractivity contribution in [3.05, 3.63) is 83.9 Å². The zero-order valence-corrected chi connectivity index (χ0v) is 19.2. The summed E-state index contributed by atoms with van der Waals surface area (Å²) >= 11 is 5.31. The van der Waals surface area contributed by atoms with Gasteiger partial charge in [0, 0.05) is 17.1 Å². The number of anilines is 3. The van der Waals surface area contributed by atoms with E-state index in [-0.39, 0.29) is 10.9 Å². The van der Waals surface area contributed by atoms with Crippen molar-refractivity contribution in [1.29, 1.82) is 0 Å². The maximum Gasteiger partial charge on any atom is 0.338 e. The molecule has 32 heavy (non-hydrogen) atoms. The first kappa shape index (κ1) is 23.2. The molecule has 0 bridgehead atoms. The molecule has 0 aliphatic heterocycles. The highest BCUT2D eigenvalue weighted by Crippen LogP contribution is 2.19. The van der Waals surface area contributed by atoms with E-state index in [2.05, 4.69) is 15.4 Å². The molecule has 0 spiro atoms. The number of esters is 1. The first-order valence-electron chi connectivity index (χ1n) is 9.81. The van der Waals surface area contributed by atoms with Gasteiger partial charge < -0.3 is 15.4 Å². The highest BCUT2D eigenvalue weighted by atomic mass is 32.2. The van der Waals surface area contributed by atoms with Crippen molar-refractivity contribution in [2.24, 2.45) is 0 Å². The molecular weight excluding hydrogens is 446 g/mol. The zero-order valence-electron chi connectivity index (χ0n) is 17.6. The molecule has 3 N–H and O–H groups in total. The molecule has 3 rings (SSSR count). The van der Waals surface area contributed by atoms with Crippen LogP contribution in [0.4, 0.5) is 17.1 Å². The number of hydrogen-bond acceptors (Lipinski definition) is 5. The lowest BCUT2D eigenvalue weighted by Crippen LogP contribution is -2.19. The van der Waals surface area contributed by atoms with Gasteiger partial charge in [0.15, 0.2) is 5.11 Å². The molecule has 0 radical (unpaired) electrons. The topological polar surface area (TPSA) is 96.5 Å². The highest BCUT2D eigenvalue weighted by Gasteiger charge is 2.13. The number of nitrogens with one attached hydrogen (secondary N) is 3. The third kappa shape index (κ3) is 6.29. The molecule has 0 saturated carbocycles. The normalized spacial score (nSPS) is 10.8. The largest absolute Gasteiger partial charge is 0.462 e. The van der Waals surface area contributed by atoms with Crippen molar-refractivity contribution < 1.29 is 17.9 Å². The molecule has 0 aromatic heterocycles. The first-order chi connectivity index (χ1) is 15.3. The van der Waals surface area contributed by atoms with Gasteiger partial charge in [-0.2, -0.15) is 0 Å². The Labute approximate surface area is 192 Å². The summed E-state index contributed by atoms with van der Waals surface area (Å²) in [6, 6.07) is 20.1. The maximum atomic E-state index is 12.5. The number of ether oxygens (including phenoxy) is 1. The lowest BCUT2D eigenvalue weighted by atomic mass is 10.2. The quantitative estimate of drug-likeness (QED) is 0.338. The molecule has 0 saturated heterocycles. The van der Waals surface area contributed by atoms with Gasteiger partial charge in [0.25, 0.3) is 10.0 Å². The Morgan fingerprint density at radius 3 is 1.88 bits per heavy atom. The van der Waals surface area contributed by atoms with E-state index >= 15 is 0 Å². The van der Waals surface area contributed by atoms with E-state index < -0.39 is 10.0 Å². The van der Waals surface area contributed by atoms with Gasteiger partial charge in [0.05, 0.1) is 17.1 Å². The fourth-order valence-electron chi connectivity index (χ4n) is 2.75. The van der Waals surface area contributed by atoms with E-state index in [1.807, 2.05) is 6.92 Å². The number of aryl methyl sites for hydroxylation is 1. The Balaban J connectivity index is 1.57. The molecule has 0 amide bonds. The highest BCUT2D eigenvalue weighted by molar-refractivity contribution is 7.92. The van der Waals surface area contributed by atoms with Crippen molar-refractivity contribution in [3.63, 3.8) is 0 Å². The summed E-state index contributed by atoms with van der Waals surface area (Å²) in [5.41, 5.74) is 3.27. The van der Waals surface area contributed by atoms with Crippen LogP contribution in [0.1, 0.15) is 22.8 Å². The molecule has 0 unspecified atom stereocenters. The van der Waals surface area contributed by atoms with Crippen LogP contribution in [0.5, 0.6) is 0 Å². The molecule has 166 valence electrons. The lowest BCUT2D eigenvalue weighted by molar-refractivity contribution is 0.0526. The molecule has 0 heterocycles. The standard InChI is InChI=1S/C23H23N3O4S2/c1-3-30-22(27)17-6-8-18(9-7-17)24-23(31)25-19-10-12-20(13-11-19)26-32(28,29)21-14-4-16(2)5-15-21/h4-15,26H,3H2,1-2H3,(H2,24,25,31). The summed E-state index contributed by atoms with van der Waals surface area (Å²) in [4.78, 5) is 11.9. The monoisotopic (exact) mass is 469 g/mol. The Morgan fingerprint density at radius 1 is 0.844 bits per heavy atom. The van der Waals surface area contributed by atoms with Crippen LogP contribution in [-0.2, 0) is 14.8 Å². The number of benzene rings is 3. The fraction of sp³-hybridized carbons (Fsp3) is 0.130. The second kappa shape index (κ2) is 10.3. The van der Waals surface area contributed by atoms with Crippen LogP contribution in [-0.4, -0.2) is 26.1 Å². The Bertz CT molecular complexity index is 1190. The van der Waals surface area contributed by atoms with Gasteiger partial charge in [0.2, 0.25) is 0 Å². The van der Waals surface area contributed by atoms with Crippen LogP contribution in [0.25, 0.3) is 0 Å². The van der Waals surface area contributed by atoms with Crippen molar-refractivity contribution in [3.8, 4) is 0 Å². The summed E-state index contributed by atoms with van der Waals surface area (Å²) in [6.07, 6.45) is 0. The van der Waals surface area contributed by atoms with E-state index in [1.165, 1.54) is 0 Å². The molecule has 0 atom stereocenters. The average molecular weight is 470 g/mol. The Kier molecular flexibility index (Phi) is 7.45. The van der Waals surface area contributed by atoms with Crippen LogP contribution in [0.15, 0.2) is 77.7 Å². The van der Waals surface area contributed by atoms with Gasteiger partial charge in [-0.3, -0.25) is 4.72 Å². The second-order valence-electron chi connectivity index (χ2n) is 6.87. The van der Waals surface area contributed by atoms with Gasteiger partial charge in [-0.1, -0.05) is 17.7 Å². The minimum Gasteiger partial charge on any atom is -0.462 e. The molecule has 0 fully saturated rings. The molecule has 3 aromatic rings. The van der Waals surface area contributed by atoms with E-state index in [0.717, 1.165) is 5.56 Å². The number of rotatable bonds is 7. The Hall–Kier alpha value is -3.43. The summed E-state index contributed by atoms with van der Waals surface area (Å²) in [7, 11) is -3.66. The number of hydrogen-bond donors (Lipinski definition) is 3. The Morgan fingerprint density at radius 2 is 1.34 bits per heavy atom. The summed E-state index contributed by atoms with van der Waals surface area (Å²) in [5, 5.41) is 6.40. The molecule has 0 aliphatic rings. The third-order valence-electron chi connectivity index (χ3n) is 4.38. The van der Waals surface area contributed by atoms with E-state index in [9.17, 15) is 13.2 Å². The van der Waals surface area contributed by atoms with E-state index in [0.29, 0.717) is 34.3 Å². The van der Waals surface area contributed by atoms with Crippen molar-refractivity contribution in [2.45, 2.75) is 18.7 Å². The predicted molar refractivity (Wildman–Crippen MR) is 131 cm³/mol. The second-order valence-corrected chi connectivity index (χ2v) is 8.96. The van der Waals surface area contributed by atoms with E-state index in [4.69, 9.17) is 17.0 Å². The SMILES string of the molecule is CCOC(=O)c1ccc(NC(=S)Nc2ccc(NS(=O)(=O)c3ccc(C)cc3)cc2)cc1. The zero-order chi connectivity index (χ0) is 23.1. The summed E-state index contributed by atoms with van der Waals surface area (Å²) in [6.45, 7) is 3.97. The van der Waals surface area contributed by atoms with Crippen LogP contribution >= 0.6 is 12.2 Å². The molecule has 9 heteroatoms. The number of thiocarbonyl (C=S) groups is 1. The predicted octanol–water partition coefficient (Wildman–Crippen LogP) is 4.78. The molecule has 3 aromatic carbocycles. The van der Waals surface area contributed by atoms with Gasteiger partial charge >= 0.3 is 5.97 Å². The van der Waals surface area contributed by atoms with Crippen LogP contribution in [0.2, 0.25) is 0 Å². The van der Waals surface area contributed by atoms with E-state index in [1.54, 1.807) is 79.7 Å². The van der Waals surface area contributed by atoms with Gasteiger partial charge in [-0.15, -0.1) is 0 Å². The summed E-state index contributed by atoms with van der Waals surface area (Å²) in [5.74, 6) is -0.377. The van der Waals surface area contributed by atoms with Gasteiger partial charge in [-0.05, 0) is 86.7 Å². The van der Waals surface area contributed by atoms with Gasteiger partial charge in [-0.25, -0.2) is 13.2 Å². The third-order valence-corrected chi connectivity index (χ3v) is 5.98. The fourth-order valence-corrected chi connectivity index (χ4v) is 4.04. The van der Waals surface area contributed by atoms with Crippen molar-refractivity contribution in [2.75, 3.05) is 22.0 Å². The first-order valence-corrected chi connectivity index (χ1v) is 11.7. The average Bonchev–Trinajstić information content (AvgIpc) is 2.76. The van der Waals surface area contributed by atoms with Crippen molar-refractivity contribution >= 4 is 50.4 Å². The number of sulfonamides is 1. The number of carbonyl (C=O) groups is 1. The maximum absolute atomic E-state index is 12.5. The minimum absolute atomic E-state index is 0.199. The van der Waals surface area contributed by atoms with Crippen molar-refractivity contribution in [1.82, 2.24) is 0 Å². The number of carbonyl (C=O) groups excluding carboxylic acids is 1. The minimum atomic E-state index is -3.66. The van der Waals surface area contributed by atoms with Crippen LogP contribution < -0.4 is 15.4 Å². The van der Waals surface area contributed by atoms with Crippen LogP contribution in [0, 0.1) is 6.92 Å².